The lowest BCUT2D eigenvalue weighted by atomic mass is 10.0. The number of ether oxygens (including phenoxy) is 1. The van der Waals surface area contributed by atoms with Crippen molar-refractivity contribution in [3.63, 3.8) is 0 Å². The van der Waals surface area contributed by atoms with E-state index in [-0.39, 0.29) is 29.4 Å². The number of alkyl halides is 3. The fraction of sp³-hybridized carbons (Fsp3) is 0.360. The SMILES string of the molecule is CCc1nonc1C(=O)N[C@H](C(=O)Nc1cc([C@@H](COC)N2C[C@@H](C(F)(F)F)NC2=O)ccn1)c1ccc(F)cc1. The lowest BCUT2D eigenvalue weighted by Crippen LogP contribution is -2.40. The predicted octanol–water partition coefficient (Wildman–Crippen LogP) is 2.92. The van der Waals surface area contributed by atoms with Gasteiger partial charge >= 0.3 is 12.2 Å². The van der Waals surface area contributed by atoms with Gasteiger partial charge in [-0.2, -0.15) is 13.2 Å². The minimum atomic E-state index is -4.64. The van der Waals surface area contributed by atoms with Gasteiger partial charge < -0.3 is 25.6 Å². The molecule has 4 amide bonds. The highest BCUT2D eigenvalue weighted by atomic mass is 19.4. The molecule has 4 rings (SSSR count). The Labute approximate surface area is 230 Å². The molecule has 3 heterocycles. The maximum absolute atomic E-state index is 13.6. The van der Waals surface area contributed by atoms with Crippen molar-refractivity contribution >= 4 is 23.7 Å². The Balaban J connectivity index is 1.58. The third kappa shape index (κ3) is 6.77. The molecule has 12 nitrogen and oxygen atoms in total. The molecule has 0 unspecified atom stereocenters. The van der Waals surface area contributed by atoms with Crippen molar-refractivity contribution in [2.45, 2.75) is 37.6 Å². The number of nitrogens with zero attached hydrogens (tertiary/aromatic N) is 4. The molecule has 1 fully saturated rings. The van der Waals surface area contributed by atoms with Crippen LogP contribution in [-0.4, -0.2) is 70.5 Å². The van der Waals surface area contributed by atoms with Gasteiger partial charge in [0.15, 0.2) is 5.69 Å². The van der Waals surface area contributed by atoms with E-state index < -0.39 is 54.5 Å². The van der Waals surface area contributed by atoms with Crippen molar-refractivity contribution in [1.29, 1.82) is 0 Å². The lowest BCUT2D eigenvalue weighted by Gasteiger charge is -2.27. The number of methoxy groups -OCH3 is 1. The minimum Gasteiger partial charge on any atom is -0.382 e. The first-order chi connectivity index (χ1) is 19.5. The van der Waals surface area contributed by atoms with Crippen LogP contribution in [0.2, 0.25) is 0 Å². The number of pyridine rings is 1. The van der Waals surface area contributed by atoms with Gasteiger partial charge in [0.05, 0.1) is 19.2 Å². The van der Waals surface area contributed by atoms with Crippen molar-refractivity contribution in [2.24, 2.45) is 0 Å². The van der Waals surface area contributed by atoms with Crippen molar-refractivity contribution in [2.75, 3.05) is 25.6 Å². The van der Waals surface area contributed by atoms with Gasteiger partial charge in [-0.05, 0) is 47.0 Å². The van der Waals surface area contributed by atoms with Crippen molar-refractivity contribution in [1.82, 2.24) is 30.8 Å². The van der Waals surface area contributed by atoms with Crippen LogP contribution in [-0.2, 0) is 16.0 Å². The molecule has 0 radical (unpaired) electrons. The largest absolute Gasteiger partial charge is 0.410 e. The molecule has 0 aliphatic carbocycles. The number of hydrogen-bond donors (Lipinski definition) is 3. The first-order valence-corrected chi connectivity index (χ1v) is 12.3. The predicted molar refractivity (Wildman–Crippen MR) is 133 cm³/mol. The number of nitrogens with one attached hydrogen (secondary N) is 3. The number of benzene rings is 1. The summed E-state index contributed by atoms with van der Waals surface area (Å²) in [5.74, 6) is -2.14. The van der Waals surface area contributed by atoms with Crippen LogP contribution in [0.3, 0.4) is 0 Å². The summed E-state index contributed by atoms with van der Waals surface area (Å²) in [7, 11) is 1.33. The molecule has 3 aromatic rings. The van der Waals surface area contributed by atoms with Crippen LogP contribution >= 0.6 is 0 Å². The average molecular weight is 580 g/mol. The topological polar surface area (TPSA) is 152 Å². The average Bonchev–Trinajstić information content (AvgIpc) is 3.57. The molecule has 3 N–H and O–H groups in total. The molecular formula is C25H25F4N7O5. The highest BCUT2D eigenvalue weighted by Crippen LogP contribution is 2.31. The van der Waals surface area contributed by atoms with Gasteiger partial charge in [0.1, 0.15) is 29.4 Å². The van der Waals surface area contributed by atoms with E-state index in [1.54, 1.807) is 6.92 Å². The minimum absolute atomic E-state index is 0.0284. The number of amides is 4. The van der Waals surface area contributed by atoms with Gasteiger partial charge in [-0.25, -0.2) is 18.8 Å². The van der Waals surface area contributed by atoms with Crippen molar-refractivity contribution < 1.29 is 41.3 Å². The zero-order valence-electron chi connectivity index (χ0n) is 21.7. The second kappa shape index (κ2) is 12.3. The molecule has 16 heteroatoms. The summed E-state index contributed by atoms with van der Waals surface area (Å²) in [4.78, 5) is 43.7. The summed E-state index contributed by atoms with van der Waals surface area (Å²) in [5, 5.41) is 14.2. The van der Waals surface area contributed by atoms with E-state index in [9.17, 15) is 31.9 Å². The molecule has 41 heavy (non-hydrogen) atoms. The molecule has 1 saturated heterocycles. The fourth-order valence-electron chi connectivity index (χ4n) is 4.22. The molecular weight excluding hydrogens is 554 g/mol. The molecule has 0 bridgehead atoms. The summed E-state index contributed by atoms with van der Waals surface area (Å²) in [6.07, 6.45) is -3.01. The highest BCUT2D eigenvalue weighted by molar-refractivity contribution is 6.01. The zero-order valence-corrected chi connectivity index (χ0v) is 21.7. The molecule has 3 atom stereocenters. The van der Waals surface area contributed by atoms with E-state index in [0.29, 0.717) is 12.0 Å². The van der Waals surface area contributed by atoms with Crippen LogP contribution in [0, 0.1) is 5.82 Å². The number of halogens is 4. The van der Waals surface area contributed by atoms with Crippen LogP contribution < -0.4 is 16.0 Å². The monoisotopic (exact) mass is 579 g/mol. The number of aromatic nitrogens is 3. The fourth-order valence-corrected chi connectivity index (χ4v) is 4.22. The van der Waals surface area contributed by atoms with E-state index >= 15 is 0 Å². The normalized spacial score (nSPS) is 16.7. The van der Waals surface area contributed by atoms with Crippen LogP contribution in [0.25, 0.3) is 0 Å². The number of rotatable bonds is 10. The summed E-state index contributed by atoms with van der Waals surface area (Å²) >= 11 is 0. The summed E-state index contributed by atoms with van der Waals surface area (Å²) < 4.78 is 63.1. The Morgan fingerprint density at radius 1 is 1.20 bits per heavy atom. The smallest absolute Gasteiger partial charge is 0.382 e. The van der Waals surface area contributed by atoms with Gasteiger partial charge in [-0.1, -0.05) is 24.2 Å². The number of aryl methyl sites for hydroxylation is 1. The Morgan fingerprint density at radius 2 is 1.93 bits per heavy atom. The van der Waals surface area contributed by atoms with Crippen LogP contribution in [0.4, 0.5) is 28.2 Å². The number of carbonyl (C=O) groups excluding carboxylic acids is 3. The molecule has 1 aliphatic rings. The molecule has 0 spiro atoms. The molecule has 1 aliphatic heterocycles. The number of anilines is 1. The van der Waals surface area contributed by atoms with Gasteiger partial charge in [0.25, 0.3) is 11.8 Å². The quantitative estimate of drug-likeness (QED) is 0.310. The first kappa shape index (κ1) is 29.4. The van der Waals surface area contributed by atoms with Crippen molar-refractivity contribution in [3.8, 4) is 0 Å². The van der Waals surface area contributed by atoms with Crippen LogP contribution in [0.5, 0.6) is 0 Å². The molecule has 0 saturated carbocycles. The van der Waals surface area contributed by atoms with Gasteiger partial charge in [0, 0.05) is 13.3 Å². The second-order valence-corrected chi connectivity index (χ2v) is 9.00. The van der Waals surface area contributed by atoms with E-state index in [0.717, 1.165) is 17.0 Å². The van der Waals surface area contributed by atoms with Crippen LogP contribution in [0.15, 0.2) is 47.2 Å². The summed E-state index contributed by atoms with van der Waals surface area (Å²) in [6.45, 7) is 0.940. The summed E-state index contributed by atoms with van der Waals surface area (Å²) in [6, 6.07) is 2.42. The number of hydrogen-bond acceptors (Lipinski definition) is 8. The Bertz CT molecular complexity index is 1400. The lowest BCUT2D eigenvalue weighted by molar-refractivity contribution is -0.150. The van der Waals surface area contributed by atoms with E-state index in [4.69, 9.17) is 4.74 Å². The standard InChI is InChI=1S/C25H25F4N7O5/c1-3-16-21(35-41-34-16)23(38)33-20(13-4-6-15(26)7-5-13)22(37)32-19-10-14(8-9-30-19)17(12-40-2)36-11-18(25(27,28)29)31-24(36)39/h4-10,17-18,20H,3,11-12H2,1-2H3,(H,31,39)(H,33,38)(H,30,32,37)/t17-,18+,20+/m1/s1. The first-order valence-electron chi connectivity index (χ1n) is 12.3. The van der Waals surface area contributed by atoms with E-state index in [1.807, 2.05) is 5.32 Å². The third-order valence-corrected chi connectivity index (χ3v) is 6.30. The Hall–Kier alpha value is -4.60. The van der Waals surface area contributed by atoms with Gasteiger partial charge in [-0.3, -0.25) is 9.59 Å². The summed E-state index contributed by atoms with van der Waals surface area (Å²) in [5.41, 5.74) is 0.694. The Morgan fingerprint density at radius 3 is 2.56 bits per heavy atom. The zero-order chi connectivity index (χ0) is 29.7. The van der Waals surface area contributed by atoms with Crippen LogP contribution in [0.1, 0.15) is 46.3 Å². The molecule has 1 aromatic carbocycles. The van der Waals surface area contributed by atoms with Gasteiger partial charge in [0.2, 0.25) is 0 Å². The van der Waals surface area contributed by atoms with E-state index in [2.05, 4.69) is 30.6 Å². The van der Waals surface area contributed by atoms with Gasteiger partial charge in [-0.15, -0.1) is 0 Å². The second-order valence-electron chi connectivity index (χ2n) is 9.00. The highest BCUT2D eigenvalue weighted by Gasteiger charge is 2.48. The maximum atomic E-state index is 13.6. The van der Waals surface area contributed by atoms with E-state index in [1.165, 1.54) is 37.6 Å². The molecule has 218 valence electrons. The number of urea groups is 1. The number of carbonyl (C=O) groups is 3. The Kier molecular flexibility index (Phi) is 8.80. The third-order valence-electron chi connectivity index (χ3n) is 6.30. The van der Waals surface area contributed by atoms with Crippen molar-refractivity contribution in [3.05, 3.63) is 70.9 Å². The molecule has 2 aromatic heterocycles. The maximum Gasteiger partial charge on any atom is 0.410 e.